The summed E-state index contributed by atoms with van der Waals surface area (Å²) in [4.78, 5) is 14.0. The Hall–Kier alpha value is -1.55. The van der Waals surface area contributed by atoms with E-state index in [-0.39, 0.29) is 11.9 Å². The van der Waals surface area contributed by atoms with Gasteiger partial charge in [0.1, 0.15) is 5.75 Å². The molecule has 0 saturated carbocycles. The van der Waals surface area contributed by atoms with E-state index in [9.17, 15) is 4.79 Å². The van der Waals surface area contributed by atoms with Crippen molar-refractivity contribution < 1.29 is 9.53 Å². The lowest BCUT2D eigenvalue weighted by Crippen LogP contribution is -2.44. The van der Waals surface area contributed by atoms with Crippen molar-refractivity contribution in [1.82, 2.24) is 10.2 Å². The summed E-state index contributed by atoms with van der Waals surface area (Å²) in [7, 11) is 1.67. The number of aryl methyl sites for hydroxylation is 1. The van der Waals surface area contributed by atoms with Crippen LogP contribution in [0.1, 0.15) is 31.9 Å². The molecule has 0 fully saturated rings. The topological polar surface area (TPSA) is 41.6 Å². The van der Waals surface area contributed by atoms with Crippen molar-refractivity contribution in [3.8, 4) is 5.75 Å². The zero-order valence-corrected chi connectivity index (χ0v) is 13.2. The molecule has 20 heavy (non-hydrogen) atoms. The third kappa shape index (κ3) is 4.23. The van der Waals surface area contributed by atoms with Crippen LogP contribution in [0.3, 0.4) is 0 Å². The van der Waals surface area contributed by atoms with Gasteiger partial charge in [0.15, 0.2) is 0 Å². The van der Waals surface area contributed by atoms with Crippen molar-refractivity contribution in [3.05, 3.63) is 29.3 Å². The third-order valence-corrected chi connectivity index (χ3v) is 3.48. The Kier molecular flexibility index (Phi) is 6.52. The highest BCUT2D eigenvalue weighted by Gasteiger charge is 2.17. The van der Waals surface area contributed by atoms with Gasteiger partial charge >= 0.3 is 0 Å². The van der Waals surface area contributed by atoms with Crippen molar-refractivity contribution in [1.29, 1.82) is 0 Å². The summed E-state index contributed by atoms with van der Waals surface area (Å²) in [5.41, 5.74) is 2.26. The van der Waals surface area contributed by atoms with E-state index >= 15 is 0 Å². The van der Waals surface area contributed by atoms with Gasteiger partial charge in [0.25, 0.3) is 0 Å². The number of carbonyl (C=O) groups excluding carboxylic acids is 1. The van der Waals surface area contributed by atoms with Gasteiger partial charge in [-0.25, -0.2) is 0 Å². The van der Waals surface area contributed by atoms with Crippen molar-refractivity contribution in [2.24, 2.45) is 0 Å². The number of hydrogen-bond acceptors (Lipinski definition) is 3. The van der Waals surface area contributed by atoms with E-state index in [0.717, 1.165) is 24.4 Å². The molecular weight excluding hydrogens is 252 g/mol. The van der Waals surface area contributed by atoms with Crippen molar-refractivity contribution in [2.45, 2.75) is 40.3 Å². The van der Waals surface area contributed by atoms with E-state index in [1.54, 1.807) is 7.11 Å². The zero-order valence-electron chi connectivity index (χ0n) is 13.2. The Morgan fingerprint density at radius 2 is 2.00 bits per heavy atom. The first-order valence-corrected chi connectivity index (χ1v) is 7.19. The highest BCUT2D eigenvalue weighted by molar-refractivity contribution is 5.81. The summed E-state index contributed by atoms with van der Waals surface area (Å²) in [5.74, 6) is 0.993. The number of carbonyl (C=O) groups is 1. The second-order valence-corrected chi connectivity index (χ2v) is 4.93. The highest BCUT2D eigenvalue weighted by atomic mass is 16.5. The van der Waals surface area contributed by atoms with Crippen LogP contribution in [0.15, 0.2) is 18.2 Å². The molecule has 1 amide bonds. The van der Waals surface area contributed by atoms with Gasteiger partial charge in [-0.15, -0.1) is 0 Å². The number of likely N-dealkylation sites (N-methyl/N-ethyl adjacent to an activating group) is 1. The summed E-state index contributed by atoms with van der Waals surface area (Å²) in [6.45, 7) is 10.1. The van der Waals surface area contributed by atoms with Crippen LogP contribution in [0.4, 0.5) is 0 Å². The number of rotatable bonds is 7. The molecule has 0 heterocycles. The number of amides is 1. The van der Waals surface area contributed by atoms with Gasteiger partial charge in [0.2, 0.25) is 5.91 Å². The predicted octanol–water partition coefficient (Wildman–Crippen LogP) is 2.35. The fraction of sp³-hybridized carbons (Fsp3) is 0.562. The first kappa shape index (κ1) is 16.5. The fourth-order valence-corrected chi connectivity index (χ4v) is 2.21. The van der Waals surface area contributed by atoms with Crippen LogP contribution < -0.4 is 10.1 Å². The van der Waals surface area contributed by atoms with Crippen LogP contribution in [0.25, 0.3) is 0 Å². The van der Waals surface area contributed by atoms with Crippen LogP contribution in [-0.4, -0.2) is 37.0 Å². The quantitative estimate of drug-likeness (QED) is 0.832. The van der Waals surface area contributed by atoms with Crippen molar-refractivity contribution in [3.63, 3.8) is 0 Å². The molecule has 0 aliphatic carbocycles. The van der Waals surface area contributed by atoms with Crippen molar-refractivity contribution in [2.75, 3.05) is 20.2 Å². The minimum absolute atomic E-state index is 0.140. The summed E-state index contributed by atoms with van der Waals surface area (Å²) in [6, 6.07) is 5.87. The zero-order chi connectivity index (χ0) is 15.1. The maximum atomic E-state index is 12.2. The maximum Gasteiger partial charge on any atom is 0.239 e. The maximum absolute atomic E-state index is 12.2. The molecule has 0 saturated heterocycles. The SMILES string of the molecule is CCN(CC)C(=O)C(C)NCc1cc(C)ccc1OC. The second-order valence-electron chi connectivity index (χ2n) is 4.93. The van der Waals surface area contributed by atoms with E-state index in [1.165, 1.54) is 5.56 Å². The van der Waals surface area contributed by atoms with Gasteiger partial charge in [0, 0.05) is 25.2 Å². The number of nitrogens with one attached hydrogen (secondary N) is 1. The van der Waals surface area contributed by atoms with Crippen LogP contribution in [0.2, 0.25) is 0 Å². The van der Waals surface area contributed by atoms with Gasteiger partial charge < -0.3 is 15.0 Å². The van der Waals surface area contributed by atoms with E-state index < -0.39 is 0 Å². The first-order chi connectivity index (χ1) is 9.53. The van der Waals surface area contributed by atoms with Gasteiger partial charge in [-0.05, 0) is 33.8 Å². The summed E-state index contributed by atoms with van der Waals surface area (Å²) >= 11 is 0. The number of hydrogen-bond donors (Lipinski definition) is 1. The normalized spacial score (nSPS) is 12.1. The number of benzene rings is 1. The number of nitrogens with zero attached hydrogens (tertiary/aromatic N) is 1. The Balaban J connectivity index is 2.67. The largest absolute Gasteiger partial charge is 0.496 e. The molecule has 1 N–H and O–H groups in total. The molecule has 0 bridgehead atoms. The van der Waals surface area contributed by atoms with Crippen LogP contribution in [0.5, 0.6) is 5.75 Å². The summed E-state index contributed by atoms with van der Waals surface area (Å²) in [5, 5.41) is 3.28. The second kappa shape index (κ2) is 7.90. The van der Waals surface area contributed by atoms with Gasteiger partial charge in [0.05, 0.1) is 13.2 Å². The molecule has 1 unspecified atom stereocenters. The van der Waals surface area contributed by atoms with Gasteiger partial charge in [-0.3, -0.25) is 4.79 Å². The molecule has 1 atom stereocenters. The van der Waals surface area contributed by atoms with E-state index in [4.69, 9.17) is 4.74 Å². The third-order valence-electron chi connectivity index (χ3n) is 3.48. The molecule has 1 aromatic rings. The molecule has 0 aliphatic rings. The fourth-order valence-electron chi connectivity index (χ4n) is 2.21. The molecule has 0 aliphatic heterocycles. The number of ether oxygens (including phenoxy) is 1. The standard InChI is InChI=1S/C16H26N2O2/c1-6-18(7-2)16(19)13(4)17-11-14-10-12(3)8-9-15(14)20-5/h8-10,13,17H,6-7,11H2,1-5H3. The van der Waals surface area contributed by atoms with E-state index in [2.05, 4.69) is 11.4 Å². The lowest BCUT2D eigenvalue weighted by atomic mass is 10.1. The minimum atomic E-state index is -0.194. The molecule has 1 rings (SSSR count). The molecular formula is C16H26N2O2. The van der Waals surface area contributed by atoms with E-state index in [0.29, 0.717) is 6.54 Å². The Labute approximate surface area is 122 Å². The first-order valence-electron chi connectivity index (χ1n) is 7.19. The molecule has 112 valence electrons. The Morgan fingerprint density at radius 3 is 2.55 bits per heavy atom. The van der Waals surface area contributed by atoms with Crippen LogP contribution in [0, 0.1) is 6.92 Å². The molecule has 0 aromatic heterocycles. The van der Waals surface area contributed by atoms with Gasteiger partial charge in [-0.2, -0.15) is 0 Å². The molecule has 4 nitrogen and oxygen atoms in total. The van der Waals surface area contributed by atoms with Crippen LogP contribution in [-0.2, 0) is 11.3 Å². The molecule has 0 radical (unpaired) electrons. The smallest absolute Gasteiger partial charge is 0.239 e. The highest BCUT2D eigenvalue weighted by Crippen LogP contribution is 2.19. The summed E-state index contributed by atoms with van der Waals surface area (Å²) in [6.07, 6.45) is 0. The predicted molar refractivity (Wildman–Crippen MR) is 82.0 cm³/mol. The molecule has 0 spiro atoms. The lowest BCUT2D eigenvalue weighted by Gasteiger charge is -2.23. The van der Waals surface area contributed by atoms with Crippen LogP contribution >= 0.6 is 0 Å². The monoisotopic (exact) mass is 278 g/mol. The lowest BCUT2D eigenvalue weighted by molar-refractivity contribution is -0.132. The minimum Gasteiger partial charge on any atom is -0.496 e. The number of methoxy groups -OCH3 is 1. The Morgan fingerprint density at radius 1 is 1.35 bits per heavy atom. The molecule has 4 heteroatoms. The van der Waals surface area contributed by atoms with E-state index in [1.807, 2.05) is 44.7 Å². The average molecular weight is 278 g/mol. The Bertz CT molecular complexity index is 442. The van der Waals surface area contributed by atoms with Gasteiger partial charge in [-0.1, -0.05) is 17.7 Å². The average Bonchev–Trinajstić information content (AvgIpc) is 2.46. The summed E-state index contributed by atoms with van der Waals surface area (Å²) < 4.78 is 5.35. The molecule has 1 aromatic carbocycles. The van der Waals surface area contributed by atoms with Crippen molar-refractivity contribution >= 4 is 5.91 Å².